The smallest absolute Gasteiger partial charge is 0.270 e. The molecule has 0 amide bonds. The van der Waals surface area contributed by atoms with E-state index in [0.717, 1.165) is 18.6 Å². The van der Waals surface area contributed by atoms with Crippen LogP contribution >= 0.6 is 23.4 Å². The fraction of sp³-hybridized carbons (Fsp3) is 0.250. The largest absolute Gasteiger partial charge is 0.416 e. The molecular weight excluding hydrogens is 463 g/mol. The summed E-state index contributed by atoms with van der Waals surface area (Å²) in [6.45, 7) is 2.67. The molecule has 0 unspecified atom stereocenters. The maximum atomic E-state index is 13.4. The standard InChI is InChI=1S/C20H17ClF3N7S/c1-2-10-30-17(25-28-29-30)12-32-19-27-26-18(15-8-3-4-9-16(15)21)31(19)14-7-5-6-13(11-14)20(22,23)24/h3-9,11H,2,10,12H2,1H3. The highest BCUT2D eigenvalue weighted by Crippen LogP contribution is 2.35. The molecule has 0 fully saturated rings. The van der Waals surface area contributed by atoms with Crippen LogP contribution in [0.2, 0.25) is 5.02 Å². The maximum absolute atomic E-state index is 13.4. The molecule has 0 radical (unpaired) electrons. The summed E-state index contributed by atoms with van der Waals surface area (Å²) in [6.07, 6.45) is -3.62. The van der Waals surface area contributed by atoms with Crippen molar-refractivity contribution >= 4 is 23.4 Å². The van der Waals surface area contributed by atoms with Gasteiger partial charge in [-0.3, -0.25) is 4.57 Å². The van der Waals surface area contributed by atoms with Gasteiger partial charge >= 0.3 is 6.18 Å². The van der Waals surface area contributed by atoms with Gasteiger partial charge in [0.05, 0.1) is 22.0 Å². The van der Waals surface area contributed by atoms with Crippen molar-refractivity contribution in [3.63, 3.8) is 0 Å². The normalized spacial score (nSPS) is 11.8. The van der Waals surface area contributed by atoms with Crippen molar-refractivity contribution in [2.75, 3.05) is 0 Å². The number of halogens is 4. The third kappa shape index (κ3) is 4.63. The summed E-state index contributed by atoms with van der Waals surface area (Å²) >= 11 is 7.62. The molecule has 0 spiro atoms. The molecule has 0 saturated heterocycles. The van der Waals surface area contributed by atoms with Gasteiger partial charge in [-0.2, -0.15) is 13.2 Å². The molecule has 166 valence electrons. The van der Waals surface area contributed by atoms with Gasteiger partial charge in [-0.1, -0.05) is 48.5 Å². The first-order valence-electron chi connectivity index (χ1n) is 9.64. The first-order chi connectivity index (χ1) is 15.4. The fourth-order valence-electron chi connectivity index (χ4n) is 3.08. The molecular formula is C20H17ClF3N7S. The lowest BCUT2D eigenvalue weighted by Gasteiger charge is -2.13. The van der Waals surface area contributed by atoms with Crippen molar-refractivity contribution in [2.45, 2.75) is 37.0 Å². The van der Waals surface area contributed by atoms with E-state index in [-0.39, 0.29) is 5.69 Å². The van der Waals surface area contributed by atoms with Gasteiger partial charge in [0.2, 0.25) is 0 Å². The third-order valence-electron chi connectivity index (χ3n) is 4.55. The molecule has 0 saturated carbocycles. The summed E-state index contributed by atoms with van der Waals surface area (Å²) in [4.78, 5) is 0. The quantitative estimate of drug-likeness (QED) is 0.335. The van der Waals surface area contributed by atoms with Crippen molar-refractivity contribution < 1.29 is 13.2 Å². The minimum absolute atomic E-state index is 0.274. The van der Waals surface area contributed by atoms with E-state index in [2.05, 4.69) is 25.7 Å². The lowest BCUT2D eigenvalue weighted by atomic mass is 10.1. The summed E-state index contributed by atoms with van der Waals surface area (Å²) in [5.74, 6) is 1.34. The molecule has 12 heteroatoms. The van der Waals surface area contributed by atoms with Gasteiger partial charge in [0.1, 0.15) is 0 Å². The number of thioether (sulfide) groups is 1. The Morgan fingerprint density at radius 3 is 2.59 bits per heavy atom. The Kier molecular flexibility index (Phi) is 6.47. The second-order valence-corrected chi connectivity index (χ2v) is 8.13. The Morgan fingerprint density at radius 2 is 1.84 bits per heavy atom. The zero-order valence-corrected chi connectivity index (χ0v) is 18.4. The predicted octanol–water partition coefficient (Wildman–Crippen LogP) is 5.30. The van der Waals surface area contributed by atoms with E-state index in [1.807, 2.05) is 6.92 Å². The number of nitrogens with zero attached hydrogens (tertiary/aromatic N) is 7. The SMILES string of the molecule is CCCn1nnnc1CSc1nnc(-c2ccccc2Cl)n1-c1cccc(C(F)(F)F)c1. The average Bonchev–Trinajstić information content (AvgIpc) is 3.39. The molecule has 0 atom stereocenters. The van der Waals surface area contributed by atoms with E-state index in [0.29, 0.717) is 39.7 Å². The number of benzene rings is 2. The zero-order chi connectivity index (χ0) is 22.7. The second-order valence-electron chi connectivity index (χ2n) is 6.78. The maximum Gasteiger partial charge on any atom is 0.416 e. The molecule has 2 aromatic heterocycles. The molecule has 7 nitrogen and oxygen atoms in total. The molecule has 2 heterocycles. The highest BCUT2D eigenvalue weighted by Gasteiger charge is 2.31. The summed E-state index contributed by atoms with van der Waals surface area (Å²) < 4.78 is 43.3. The van der Waals surface area contributed by atoms with Gasteiger partial charge in [-0.15, -0.1) is 15.3 Å². The lowest BCUT2D eigenvalue weighted by molar-refractivity contribution is -0.137. The molecule has 0 aliphatic carbocycles. The minimum Gasteiger partial charge on any atom is -0.270 e. The van der Waals surface area contributed by atoms with Crippen LogP contribution in [0.3, 0.4) is 0 Å². The molecule has 4 aromatic rings. The van der Waals surface area contributed by atoms with E-state index < -0.39 is 11.7 Å². The minimum atomic E-state index is -4.48. The first kappa shape index (κ1) is 22.3. The predicted molar refractivity (Wildman–Crippen MR) is 114 cm³/mol. The highest BCUT2D eigenvalue weighted by atomic mass is 35.5. The van der Waals surface area contributed by atoms with E-state index in [1.165, 1.54) is 17.8 Å². The van der Waals surface area contributed by atoms with Crippen LogP contribution in [0.1, 0.15) is 24.7 Å². The van der Waals surface area contributed by atoms with E-state index in [4.69, 9.17) is 11.6 Å². The Bertz CT molecular complexity index is 1220. The number of tetrazole rings is 1. The summed E-state index contributed by atoms with van der Waals surface area (Å²) in [7, 11) is 0. The summed E-state index contributed by atoms with van der Waals surface area (Å²) in [5.41, 5.74) is 0.0637. The van der Waals surface area contributed by atoms with Crippen LogP contribution in [0.4, 0.5) is 13.2 Å². The number of hydrogen-bond donors (Lipinski definition) is 0. The van der Waals surface area contributed by atoms with E-state index >= 15 is 0 Å². The van der Waals surface area contributed by atoms with Gasteiger partial charge in [-0.25, -0.2) is 4.68 Å². The van der Waals surface area contributed by atoms with Crippen molar-refractivity contribution in [3.05, 3.63) is 64.9 Å². The van der Waals surface area contributed by atoms with Crippen LogP contribution in [-0.4, -0.2) is 35.0 Å². The Balaban J connectivity index is 1.78. The van der Waals surface area contributed by atoms with Crippen LogP contribution in [-0.2, 0) is 18.5 Å². The molecule has 0 aliphatic rings. The van der Waals surface area contributed by atoms with Crippen LogP contribution < -0.4 is 0 Å². The molecule has 4 rings (SSSR count). The van der Waals surface area contributed by atoms with Crippen molar-refractivity contribution in [1.29, 1.82) is 0 Å². The van der Waals surface area contributed by atoms with Crippen LogP contribution in [0.25, 0.3) is 17.1 Å². The van der Waals surface area contributed by atoms with Gasteiger partial charge in [-0.05, 0) is 47.2 Å². The summed E-state index contributed by atoms with van der Waals surface area (Å²) in [5, 5.41) is 21.0. The molecule has 2 aromatic carbocycles. The van der Waals surface area contributed by atoms with Gasteiger partial charge < -0.3 is 0 Å². The topological polar surface area (TPSA) is 74.3 Å². The molecule has 0 N–H and O–H groups in total. The Morgan fingerprint density at radius 1 is 1.03 bits per heavy atom. The fourth-order valence-corrected chi connectivity index (χ4v) is 4.18. The van der Waals surface area contributed by atoms with E-state index in [1.54, 1.807) is 39.6 Å². The number of rotatable bonds is 7. The monoisotopic (exact) mass is 479 g/mol. The number of alkyl halides is 3. The van der Waals surface area contributed by atoms with E-state index in [9.17, 15) is 13.2 Å². The van der Waals surface area contributed by atoms with Gasteiger partial charge in [0.15, 0.2) is 16.8 Å². The Labute approximate surface area is 190 Å². The van der Waals surface area contributed by atoms with Crippen molar-refractivity contribution in [3.8, 4) is 17.1 Å². The summed E-state index contributed by atoms with van der Waals surface area (Å²) in [6, 6.07) is 12.0. The zero-order valence-electron chi connectivity index (χ0n) is 16.8. The van der Waals surface area contributed by atoms with Crippen molar-refractivity contribution in [1.82, 2.24) is 35.0 Å². The van der Waals surface area contributed by atoms with Crippen LogP contribution in [0.5, 0.6) is 0 Å². The van der Waals surface area contributed by atoms with Gasteiger partial charge in [0.25, 0.3) is 0 Å². The number of aromatic nitrogens is 7. The third-order valence-corrected chi connectivity index (χ3v) is 5.81. The lowest BCUT2D eigenvalue weighted by Crippen LogP contribution is -2.08. The average molecular weight is 480 g/mol. The molecule has 32 heavy (non-hydrogen) atoms. The molecule has 0 bridgehead atoms. The van der Waals surface area contributed by atoms with Crippen LogP contribution in [0.15, 0.2) is 53.7 Å². The Hall–Kier alpha value is -2.92. The first-order valence-corrected chi connectivity index (χ1v) is 11.0. The highest BCUT2D eigenvalue weighted by molar-refractivity contribution is 7.98. The second kappa shape index (κ2) is 9.29. The van der Waals surface area contributed by atoms with Crippen LogP contribution in [0, 0.1) is 0 Å². The van der Waals surface area contributed by atoms with Crippen molar-refractivity contribution in [2.24, 2.45) is 0 Å². The van der Waals surface area contributed by atoms with Gasteiger partial charge in [0, 0.05) is 12.1 Å². The number of aryl methyl sites for hydroxylation is 1. The number of hydrogen-bond acceptors (Lipinski definition) is 6. The molecule has 0 aliphatic heterocycles.